The van der Waals surface area contributed by atoms with Gasteiger partial charge in [-0.25, -0.2) is 4.68 Å². The first-order chi connectivity index (χ1) is 11.6. The summed E-state index contributed by atoms with van der Waals surface area (Å²) in [5.74, 6) is 0.582. The number of nitrogens with zero attached hydrogens (tertiary/aromatic N) is 6. The van der Waals surface area contributed by atoms with Gasteiger partial charge >= 0.3 is 0 Å². The van der Waals surface area contributed by atoms with Gasteiger partial charge in [-0.3, -0.25) is 0 Å². The number of hydrogen-bond acceptors (Lipinski definition) is 8. The number of nitrogen functional groups attached to an aromatic ring is 2. The van der Waals surface area contributed by atoms with Gasteiger partial charge in [-0.15, -0.1) is 0 Å². The summed E-state index contributed by atoms with van der Waals surface area (Å²) in [6, 6.07) is 11.8. The molecule has 0 unspecified atom stereocenters. The Morgan fingerprint density at radius 1 is 1.12 bits per heavy atom. The number of benzene rings is 1. The summed E-state index contributed by atoms with van der Waals surface area (Å²) in [5, 5.41) is 14.3. The summed E-state index contributed by atoms with van der Waals surface area (Å²) >= 11 is 1.32. The summed E-state index contributed by atoms with van der Waals surface area (Å²) in [6.45, 7) is 1.81. The van der Waals surface area contributed by atoms with Crippen LogP contribution in [0.1, 0.15) is 17.0 Å². The largest absolute Gasteiger partial charge is 0.368 e. The SMILES string of the molecule is Cc1nn(-c2ccccc2)c(CSc2nc(N)nc(N)n2)c1C#N. The number of aromatic nitrogens is 5. The zero-order valence-corrected chi connectivity index (χ0v) is 13.7. The van der Waals surface area contributed by atoms with Gasteiger partial charge in [0.05, 0.1) is 22.6 Å². The van der Waals surface area contributed by atoms with Crippen LogP contribution in [0.5, 0.6) is 0 Å². The van der Waals surface area contributed by atoms with Crippen LogP contribution in [0.15, 0.2) is 35.5 Å². The summed E-state index contributed by atoms with van der Waals surface area (Å²) in [6.07, 6.45) is 0. The van der Waals surface area contributed by atoms with Crippen molar-refractivity contribution in [1.29, 1.82) is 5.26 Å². The first-order valence-electron chi connectivity index (χ1n) is 7.02. The van der Waals surface area contributed by atoms with E-state index in [1.807, 2.05) is 37.3 Å². The molecule has 0 amide bonds. The van der Waals surface area contributed by atoms with E-state index < -0.39 is 0 Å². The fourth-order valence-corrected chi connectivity index (χ4v) is 3.07. The minimum absolute atomic E-state index is 0.0678. The molecule has 0 saturated carbocycles. The quantitative estimate of drug-likeness (QED) is 0.687. The Hall–Kier alpha value is -3.12. The molecule has 0 aliphatic heterocycles. The van der Waals surface area contributed by atoms with Crippen LogP contribution in [-0.2, 0) is 5.75 Å². The second kappa shape index (κ2) is 6.55. The normalized spacial score (nSPS) is 10.5. The number of aryl methyl sites for hydroxylation is 1. The Morgan fingerprint density at radius 2 is 1.79 bits per heavy atom. The van der Waals surface area contributed by atoms with Crippen molar-refractivity contribution in [1.82, 2.24) is 24.7 Å². The molecule has 0 spiro atoms. The lowest BCUT2D eigenvalue weighted by Gasteiger charge is -2.07. The first kappa shape index (κ1) is 15.8. The van der Waals surface area contributed by atoms with Crippen molar-refractivity contribution in [3.8, 4) is 11.8 Å². The third-order valence-electron chi connectivity index (χ3n) is 3.26. The molecule has 1 aromatic carbocycles. The van der Waals surface area contributed by atoms with Crippen molar-refractivity contribution in [2.75, 3.05) is 11.5 Å². The third-order valence-corrected chi connectivity index (χ3v) is 4.11. The van der Waals surface area contributed by atoms with E-state index in [1.165, 1.54) is 11.8 Å². The van der Waals surface area contributed by atoms with Gasteiger partial charge in [0, 0.05) is 5.75 Å². The molecule has 2 heterocycles. The molecule has 2 aromatic heterocycles. The van der Waals surface area contributed by atoms with E-state index >= 15 is 0 Å². The second-order valence-electron chi connectivity index (χ2n) is 4.89. The molecule has 0 aliphatic carbocycles. The van der Waals surface area contributed by atoms with Gasteiger partial charge < -0.3 is 11.5 Å². The molecule has 0 radical (unpaired) electrons. The smallest absolute Gasteiger partial charge is 0.225 e. The zero-order chi connectivity index (χ0) is 17.1. The third kappa shape index (κ3) is 3.13. The number of hydrogen-bond donors (Lipinski definition) is 2. The number of rotatable bonds is 4. The number of nitriles is 1. The fraction of sp³-hybridized carbons (Fsp3) is 0.133. The lowest BCUT2D eigenvalue weighted by atomic mass is 10.2. The van der Waals surface area contributed by atoms with E-state index in [4.69, 9.17) is 11.5 Å². The minimum atomic E-state index is 0.0678. The molecular formula is C15H14N8S. The molecule has 0 fully saturated rings. The van der Waals surface area contributed by atoms with Crippen LogP contribution in [0.4, 0.5) is 11.9 Å². The monoisotopic (exact) mass is 338 g/mol. The fourth-order valence-electron chi connectivity index (χ4n) is 2.22. The van der Waals surface area contributed by atoms with Crippen molar-refractivity contribution in [2.45, 2.75) is 17.8 Å². The summed E-state index contributed by atoms with van der Waals surface area (Å²) in [5.41, 5.74) is 14.0. The number of thioether (sulfide) groups is 1. The standard InChI is InChI=1S/C15H14N8S/c1-9-11(7-16)12(23(22-9)10-5-3-2-4-6-10)8-24-15-20-13(17)19-14(18)21-15/h2-6H,8H2,1H3,(H4,17,18,19,20,21). The highest BCUT2D eigenvalue weighted by molar-refractivity contribution is 7.98. The Bertz CT molecular complexity index is 893. The Balaban J connectivity index is 1.96. The van der Waals surface area contributed by atoms with Gasteiger partial charge in [-0.1, -0.05) is 30.0 Å². The number of para-hydroxylation sites is 1. The highest BCUT2D eigenvalue weighted by Gasteiger charge is 2.17. The van der Waals surface area contributed by atoms with Gasteiger partial charge in [0.15, 0.2) is 5.16 Å². The minimum Gasteiger partial charge on any atom is -0.368 e. The van der Waals surface area contributed by atoms with Gasteiger partial charge in [-0.2, -0.15) is 25.3 Å². The van der Waals surface area contributed by atoms with E-state index in [0.717, 1.165) is 11.4 Å². The molecule has 3 aromatic rings. The Kier molecular flexibility index (Phi) is 4.31. The highest BCUT2D eigenvalue weighted by Crippen LogP contribution is 2.26. The van der Waals surface area contributed by atoms with Crippen LogP contribution in [0, 0.1) is 18.3 Å². The van der Waals surface area contributed by atoms with Crippen molar-refractivity contribution < 1.29 is 0 Å². The molecule has 3 rings (SSSR count). The molecule has 24 heavy (non-hydrogen) atoms. The van der Waals surface area contributed by atoms with Crippen molar-refractivity contribution in [3.63, 3.8) is 0 Å². The van der Waals surface area contributed by atoms with E-state index in [2.05, 4.69) is 26.1 Å². The average Bonchev–Trinajstić information content (AvgIpc) is 2.88. The zero-order valence-electron chi connectivity index (χ0n) is 12.8. The van der Waals surface area contributed by atoms with Crippen LogP contribution < -0.4 is 11.5 Å². The molecule has 0 saturated heterocycles. The van der Waals surface area contributed by atoms with Crippen LogP contribution in [0.25, 0.3) is 5.69 Å². The van der Waals surface area contributed by atoms with Crippen LogP contribution in [0.3, 0.4) is 0 Å². The summed E-state index contributed by atoms with van der Waals surface area (Å²) in [7, 11) is 0. The van der Waals surface area contributed by atoms with E-state index in [1.54, 1.807) is 4.68 Å². The van der Waals surface area contributed by atoms with E-state index in [9.17, 15) is 5.26 Å². The molecule has 120 valence electrons. The molecule has 0 atom stereocenters. The van der Waals surface area contributed by atoms with Crippen molar-refractivity contribution in [2.24, 2.45) is 0 Å². The molecule has 0 bridgehead atoms. The van der Waals surface area contributed by atoms with Gasteiger partial charge in [0.1, 0.15) is 6.07 Å². The van der Waals surface area contributed by atoms with E-state index in [-0.39, 0.29) is 11.9 Å². The van der Waals surface area contributed by atoms with Gasteiger partial charge in [-0.05, 0) is 19.1 Å². The summed E-state index contributed by atoms with van der Waals surface area (Å²) < 4.78 is 1.76. The molecule has 8 nitrogen and oxygen atoms in total. The van der Waals surface area contributed by atoms with Crippen LogP contribution in [0.2, 0.25) is 0 Å². The topological polar surface area (TPSA) is 132 Å². The molecule has 0 aliphatic rings. The van der Waals surface area contributed by atoms with Gasteiger partial charge in [0.2, 0.25) is 11.9 Å². The van der Waals surface area contributed by atoms with Crippen molar-refractivity contribution >= 4 is 23.7 Å². The van der Waals surface area contributed by atoms with E-state index in [0.29, 0.717) is 22.2 Å². The predicted octanol–water partition coefficient (Wildman–Crippen LogP) is 1.69. The highest BCUT2D eigenvalue weighted by atomic mass is 32.2. The summed E-state index contributed by atoms with van der Waals surface area (Å²) in [4.78, 5) is 11.8. The van der Waals surface area contributed by atoms with Crippen molar-refractivity contribution in [3.05, 3.63) is 47.3 Å². The average molecular weight is 338 g/mol. The molecular weight excluding hydrogens is 324 g/mol. The number of nitrogens with two attached hydrogens (primary N) is 2. The molecule has 4 N–H and O–H groups in total. The van der Waals surface area contributed by atoms with Crippen LogP contribution in [-0.4, -0.2) is 24.7 Å². The lowest BCUT2D eigenvalue weighted by Crippen LogP contribution is -2.05. The lowest BCUT2D eigenvalue weighted by molar-refractivity contribution is 0.827. The first-order valence-corrected chi connectivity index (χ1v) is 8.01. The maximum atomic E-state index is 9.45. The maximum absolute atomic E-state index is 9.45. The van der Waals surface area contributed by atoms with Crippen LogP contribution >= 0.6 is 11.8 Å². The second-order valence-corrected chi connectivity index (χ2v) is 5.83. The van der Waals surface area contributed by atoms with Gasteiger partial charge in [0.25, 0.3) is 0 Å². The maximum Gasteiger partial charge on any atom is 0.225 e. The Morgan fingerprint density at radius 3 is 2.42 bits per heavy atom. The predicted molar refractivity (Wildman–Crippen MR) is 91.2 cm³/mol. The molecule has 9 heteroatoms. The number of anilines is 2. The Labute approximate surface area is 142 Å².